The van der Waals surface area contributed by atoms with E-state index in [9.17, 15) is 9.90 Å². The second-order valence-corrected chi connectivity index (χ2v) is 6.66. The number of halogens is 2. The van der Waals surface area contributed by atoms with Gasteiger partial charge in [0.2, 0.25) is 0 Å². The number of fused-ring (bicyclic) bond motifs is 1. The molecule has 2 aliphatic rings. The third-order valence-electron chi connectivity index (χ3n) is 5.11. The molecule has 0 unspecified atom stereocenters. The Morgan fingerprint density at radius 3 is 2.37 bits per heavy atom. The van der Waals surface area contributed by atoms with Gasteiger partial charge in [-0.1, -0.05) is 6.07 Å². The number of hydrogen-bond donors (Lipinski definition) is 2. The maximum absolute atomic E-state index is 13.0. The van der Waals surface area contributed by atoms with Crippen molar-refractivity contribution in [2.45, 2.75) is 12.8 Å². The predicted octanol–water partition coefficient (Wildman–Crippen LogP) is 3.56. The highest BCUT2D eigenvalue weighted by Gasteiger charge is 2.25. The number of aromatic hydroxyl groups is 1. The molecule has 0 saturated carbocycles. The fourth-order valence-corrected chi connectivity index (χ4v) is 3.71. The Bertz CT molecular complexity index is 775. The van der Waals surface area contributed by atoms with Crippen molar-refractivity contribution in [3.05, 3.63) is 53.6 Å². The lowest BCUT2D eigenvalue weighted by Crippen LogP contribution is -2.49. The first-order valence-electron chi connectivity index (χ1n) is 8.91. The molecule has 2 aromatic rings. The Hall–Kier alpha value is -2.11. The SMILES string of the molecule is Cl.Cl.O=C(c1cccc2c1CCCN2)N1CCN(c2ccc(O)cc2)CC1. The van der Waals surface area contributed by atoms with Crippen LogP contribution < -0.4 is 10.2 Å². The van der Waals surface area contributed by atoms with Gasteiger partial charge in [-0.05, 0) is 54.8 Å². The number of nitrogens with one attached hydrogen (secondary N) is 1. The Balaban J connectivity index is 0.00000131. The average Bonchev–Trinajstić information content (AvgIpc) is 2.68. The fourth-order valence-electron chi connectivity index (χ4n) is 3.71. The van der Waals surface area contributed by atoms with Crippen LogP contribution in [0.2, 0.25) is 0 Å². The van der Waals surface area contributed by atoms with E-state index < -0.39 is 0 Å². The van der Waals surface area contributed by atoms with E-state index in [1.807, 2.05) is 29.2 Å². The van der Waals surface area contributed by atoms with Crippen molar-refractivity contribution in [2.75, 3.05) is 42.9 Å². The molecule has 4 rings (SSSR count). The molecule has 27 heavy (non-hydrogen) atoms. The molecule has 2 N–H and O–H groups in total. The van der Waals surface area contributed by atoms with Crippen LogP contribution in [0.15, 0.2) is 42.5 Å². The number of anilines is 2. The van der Waals surface area contributed by atoms with Gasteiger partial charge in [0, 0.05) is 49.7 Å². The summed E-state index contributed by atoms with van der Waals surface area (Å²) in [6, 6.07) is 13.2. The number of piperazine rings is 1. The highest BCUT2D eigenvalue weighted by Crippen LogP contribution is 2.27. The normalized spacial score (nSPS) is 15.7. The van der Waals surface area contributed by atoms with Crippen molar-refractivity contribution in [1.29, 1.82) is 0 Å². The number of phenols is 1. The number of amides is 1. The first-order chi connectivity index (χ1) is 12.2. The van der Waals surface area contributed by atoms with Crippen molar-refractivity contribution in [3.63, 3.8) is 0 Å². The van der Waals surface area contributed by atoms with Gasteiger partial charge in [-0.15, -0.1) is 24.8 Å². The molecule has 0 aliphatic carbocycles. The second kappa shape index (κ2) is 9.20. The molecule has 1 saturated heterocycles. The highest BCUT2D eigenvalue weighted by molar-refractivity contribution is 5.97. The molecule has 0 bridgehead atoms. The van der Waals surface area contributed by atoms with Crippen LogP contribution in [-0.2, 0) is 6.42 Å². The van der Waals surface area contributed by atoms with Gasteiger partial charge in [0.05, 0.1) is 0 Å². The molecule has 0 radical (unpaired) electrons. The molecule has 1 fully saturated rings. The molecule has 0 aromatic heterocycles. The molecule has 0 atom stereocenters. The van der Waals surface area contributed by atoms with E-state index in [-0.39, 0.29) is 36.5 Å². The fraction of sp³-hybridized carbons (Fsp3) is 0.350. The number of carbonyl (C=O) groups is 1. The summed E-state index contributed by atoms with van der Waals surface area (Å²) in [6.45, 7) is 4.04. The van der Waals surface area contributed by atoms with E-state index in [4.69, 9.17) is 0 Å². The molecular weight excluding hydrogens is 385 g/mol. The average molecular weight is 410 g/mol. The molecule has 7 heteroatoms. The Morgan fingerprint density at radius 2 is 1.67 bits per heavy atom. The van der Waals surface area contributed by atoms with E-state index in [2.05, 4.69) is 16.3 Å². The number of nitrogens with zero attached hydrogens (tertiary/aromatic N) is 2. The lowest BCUT2D eigenvalue weighted by Gasteiger charge is -2.36. The van der Waals surface area contributed by atoms with Gasteiger partial charge in [0.15, 0.2) is 0 Å². The quantitative estimate of drug-likeness (QED) is 0.795. The monoisotopic (exact) mass is 409 g/mol. The summed E-state index contributed by atoms with van der Waals surface area (Å²) in [5, 5.41) is 12.8. The van der Waals surface area contributed by atoms with Crippen molar-refractivity contribution < 1.29 is 9.90 Å². The van der Waals surface area contributed by atoms with Gasteiger partial charge in [0.25, 0.3) is 5.91 Å². The molecule has 2 aliphatic heterocycles. The summed E-state index contributed by atoms with van der Waals surface area (Å²) in [5.41, 5.74) is 4.22. The summed E-state index contributed by atoms with van der Waals surface area (Å²) >= 11 is 0. The molecule has 2 aromatic carbocycles. The standard InChI is InChI=1S/C20H23N3O2.2ClH/c24-16-8-6-15(7-9-16)22-11-13-23(14-12-22)20(25)18-3-1-5-19-17(18)4-2-10-21-19;;/h1,3,5-9,21,24H,2,4,10-14H2;2*1H. The van der Waals surface area contributed by atoms with Gasteiger partial charge in [-0.2, -0.15) is 0 Å². The van der Waals surface area contributed by atoms with Crippen LogP contribution in [0.5, 0.6) is 5.75 Å². The van der Waals surface area contributed by atoms with E-state index >= 15 is 0 Å². The summed E-state index contributed by atoms with van der Waals surface area (Å²) in [6.07, 6.45) is 2.05. The highest BCUT2D eigenvalue weighted by atomic mass is 35.5. The largest absolute Gasteiger partial charge is 0.508 e. The molecule has 1 amide bonds. The van der Waals surface area contributed by atoms with Crippen LogP contribution in [0, 0.1) is 0 Å². The molecular formula is C20H25Cl2N3O2. The maximum atomic E-state index is 13.0. The van der Waals surface area contributed by atoms with Gasteiger partial charge in [0.1, 0.15) is 5.75 Å². The summed E-state index contributed by atoms with van der Waals surface area (Å²) in [7, 11) is 0. The second-order valence-electron chi connectivity index (χ2n) is 6.66. The lowest BCUT2D eigenvalue weighted by molar-refractivity contribution is 0.0745. The Labute approximate surface area is 172 Å². The van der Waals surface area contributed by atoms with Gasteiger partial charge in [-0.3, -0.25) is 4.79 Å². The Kier molecular flexibility index (Phi) is 7.22. The maximum Gasteiger partial charge on any atom is 0.254 e. The van der Waals surface area contributed by atoms with Gasteiger partial charge < -0.3 is 20.2 Å². The van der Waals surface area contributed by atoms with Crippen LogP contribution in [0.25, 0.3) is 0 Å². The summed E-state index contributed by atoms with van der Waals surface area (Å²) in [5.74, 6) is 0.422. The van der Waals surface area contributed by atoms with Gasteiger partial charge in [-0.25, -0.2) is 0 Å². The Morgan fingerprint density at radius 1 is 0.963 bits per heavy atom. The topological polar surface area (TPSA) is 55.8 Å². The predicted molar refractivity (Wildman–Crippen MR) is 114 cm³/mol. The lowest BCUT2D eigenvalue weighted by atomic mass is 9.96. The van der Waals surface area contributed by atoms with Crippen molar-refractivity contribution in [1.82, 2.24) is 4.90 Å². The van der Waals surface area contributed by atoms with E-state index in [0.717, 1.165) is 62.5 Å². The summed E-state index contributed by atoms with van der Waals surface area (Å²) < 4.78 is 0. The molecule has 5 nitrogen and oxygen atoms in total. The van der Waals surface area contributed by atoms with Crippen LogP contribution in [0.1, 0.15) is 22.3 Å². The minimum Gasteiger partial charge on any atom is -0.508 e. The van der Waals surface area contributed by atoms with Gasteiger partial charge >= 0.3 is 0 Å². The van der Waals surface area contributed by atoms with Crippen LogP contribution in [0.4, 0.5) is 11.4 Å². The molecule has 146 valence electrons. The zero-order valence-corrected chi connectivity index (χ0v) is 16.7. The summed E-state index contributed by atoms with van der Waals surface area (Å²) in [4.78, 5) is 17.2. The number of carbonyl (C=O) groups excluding carboxylic acids is 1. The van der Waals surface area contributed by atoms with Crippen molar-refractivity contribution in [3.8, 4) is 5.75 Å². The van der Waals surface area contributed by atoms with E-state index in [1.165, 1.54) is 5.56 Å². The third kappa shape index (κ3) is 4.42. The van der Waals surface area contributed by atoms with E-state index in [0.29, 0.717) is 0 Å². The van der Waals surface area contributed by atoms with Crippen LogP contribution >= 0.6 is 24.8 Å². The minimum absolute atomic E-state index is 0. The third-order valence-corrected chi connectivity index (χ3v) is 5.11. The molecule has 0 spiro atoms. The number of benzene rings is 2. The minimum atomic E-state index is 0. The number of phenolic OH excluding ortho intramolecular Hbond substituents is 1. The zero-order chi connectivity index (χ0) is 17.2. The smallest absolute Gasteiger partial charge is 0.254 e. The molecule has 2 heterocycles. The number of hydrogen-bond acceptors (Lipinski definition) is 4. The van der Waals surface area contributed by atoms with E-state index in [1.54, 1.807) is 12.1 Å². The first-order valence-corrected chi connectivity index (χ1v) is 8.91. The first kappa shape index (κ1) is 21.2. The van der Waals surface area contributed by atoms with Crippen molar-refractivity contribution >= 4 is 42.1 Å². The van der Waals surface area contributed by atoms with Crippen LogP contribution in [-0.4, -0.2) is 48.6 Å². The number of rotatable bonds is 2. The van der Waals surface area contributed by atoms with Crippen LogP contribution in [0.3, 0.4) is 0 Å². The van der Waals surface area contributed by atoms with Crippen molar-refractivity contribution in [2.24, 2.45) is 0 Å². The zero-order valence-electron chi connectivity index (χ0n) is 15.1.